The summed E-state index contributed by atoms with van der Waals surface area (Å²) in [5, 5.41) is 16.3. The van der Waals surface area contributed by atoms with Crippen LogP contribution in [0.4, 0.5) is 4.39 Å². The lowest BCUT2D eigenvalue weighted by atomic mass is 10.1. The number of ether oxygens (including phenoxy) is 2. The maximum absolute atomic E-state index is 13.9. The number of nitrogens with zero attached hydrogens (tertiary/aromatic N) is 1. The largest absolute Gasteiger partial charge is 0.508 e. The molecule has 26 heavy (non-hydrogen) atoms. The summed E-state index contributed by atoms with van der Waals surface area (Å²) in [5.74, 6) is 1.14. The van der Waals surface area contributed by atoms with E-state index in [9.17, 15) is 9.50 Å². The number of aromatic hydroxyl groups is 1. The second-order valence-electron chi connectivity index (χ2n) is 5.68. The Kier molecular flexibility index (Phi) is 6.66. The SMILES string of the molecule is CN=C(NCc1cc(OC)ccc1O)NC(C)c1ccc(OC)c(F)c1. The molecule has 140 valence electrons. The molecule has 0 radical (unpaired) electrons. The molecule has 3 N–H and O–H groups in total. The lowest BCUT2D eigenvalue weighted by molar-refractivity contribution is 0.386. The van der Waals surface area contributed by atoms with Gasteiger partial charge in [0.1, 0.15) is 11.5 Å². The van der Waals surface area contributed by atoms with Crippen LogP contribution in [0.3, 0.4) is 0 Å². The zero-order valence-electron chi connectivity index (χ0n) is 15.3. The summed E-state index contributed by atoms with van der Waals surface area (Å²) in [6, 6.07) is 9.64. The molecule has 0 aliphatic carbocycles. The number of nitrogens with one attached hydrogen (secondary N) is 2. The van der Waals surface area contributed by atoms with Gasteiger partial charge < -0.3 is 25.2 Å². The third kappa shape index (κ3) is 4.78. The van der Waals surface area contributed by atoms with Crippen LogP contribution in [0, 0.1) is 5.82 Å². The molecule has 0 heterocycles. The van der Waals surface area contributed by atoms with Gasteiger partial charge in [0.25, 0.3) is 0 Å². The van der Waals surface area contributed by atoms with Gasteiger partial charge in [-0.1, -0.05) is 6.07 Å². The van der Waals surface area contributed by atoms with Gasteiger partial charge in [-0.05, 0) is 42.8 Å². The van der Waals surface area contributed by atoms with Crippen molar-refractivity contribution in [1.82, 2.24) is 10.6 Å². The van der Waals surface area contributed by atoms with Crippen molar-refractivity contribution in [2.24, 2.45) is 4.99 Å². The molecule has 0 aliphatic heterocycles. The fraction of sp³-hybridized carbons (Fsp3) is 0.316. The lowest BCUT2D eigenvalue weighted by Gasteiger charge is -2.19. The first-order valence-electron chi connectivity index (χ1n) is 8.15. The molecule has 7 heteroatoms. The van der Waals surface area contributed by atoms with Crippen LogP contribution in [0.5, 0.6) is 17.2 Å². The first-order valence-corrected chi connectivity index (χ1v) is 8.15. The molecule has 0 fully saturated rings. The molecule has 0 amide bonds. The van der Waals surface area contributed by atoms with E-state index in [0.29, 0.717) is 23.8 Å². The summed E-state index contributed by atoms with van der Waals surface area (Å²) in [5.41, 5.74) is 1.44. The zero-order valence-corrected chi connectivity index (χ0v) is 15.3. The summed E-state index contributed by atoms with van der Waals surface area (Å²) < 4.78 is 24.0. The number of benzene rings is 2. The minimum atomic E-state index is -0.414. The molecule has 0 spiro atoms. The van der Waals surface area contributed by atoms with Gasteiger partial charge in [-0.3, -0.25) is 4.99 Å². The van der Waals surface area contributed by atoms with Crippen LogP contribution in [0.2, 0.25) is 0 Å². The van der Waals surface area contributed by atoms with Gasteiger partial charge in [-0.25, -0.2) is 4.39 Å². The average Bonchev–Trinajstić information content (AvgIpc) is 2.65. The Hall–Kier alpha value is -2.96. The van der Waals surface area contributed by atoms with Crippen molar-refractivity contribution in [3.8, 4) is 17.2 Å². The average molecular weight is 361 g/mol. The molecule has 2 aromatic rings. The fourth-order valence-electron chi connectivity index (χ4n) is 2.44. The monoisotopic (exact) mass is 361 g/mol. The number of rotatable bonds is 6. The number of methoxy groups -OCH3 is 2. The van der Waals surface area contributed by atoms with Crippen LogP contribution in [-0.2, 0) is 6.54 Å². The Labute approximate surface area is 152 Å². The molecule has 1 atom stereocenters. The summed E-state index contributed by atoms with van der Waals surface area (Å²) in [6.07, 6.45) is 0. The van der Waals surface area contributed by atoms with Crippen LogP contribution in [0.1, 0.15) is 24.1 Å². The molecule has 0 saturated heterocycles. The molecule has 6 nitrogen and oxygen atoms in total. The number of hydrogen-bond acceptors (Lipinski definition) is 4. The van der Waals surface area contributed by atoms with Gasteiger partial charge in [-0.2, -0.15) is 0 Å². The second-order valence-corrected chi connectivity index (χ2v) is 5.68. The highest BCUT2D eigenvalue weighted by molar-refractivity contribution is 5.80. The van der Waals surface area contributed by atoms with E-state index in [4.69, 9.17) is 9.47 Å². The predicted octanol–water partition coefficient (Wildman–Crippen LogP) is 2.97. The number of halogens is 1. The van der Waals surface area contributed by atoms with E-state index in [1.54, 1.807) is 44.5 Å². The number of phenols is 1. The third-order valence-electron chi connectivity index (χ3n) is 3.99. The van der Waals surface area contributed by atoms with Crippen LogP contribution < -0.4 is 20.1 Å². The van der Waals surface area contributed by atoms with Crippen molar-refractivity contribution in [2.45, 2.75) is 19.5 Å². The molecular weight excluding hydrogens is 337 g/mol. The summed E-state index contributed by atoms with van der Waals surface area (Å²) in [4.78, 5) is 4.16. The van der Waals surface area contributed by atoms with E-state index >= 15 is 0 Å². The Morgan fingerprint density at radius 1 is 1.19 bits per heavy atom. The van der Waals surface area contributed by atoms with Crippen molar-refractivity contribution in [3.05, 3.63) is 53.3 Å². The zero-order chi connectivity index (χ0) is 19.1. The maximum atomic E-state index is 13.9. The molecule has 2 aromatic carbocycles. The van der Waals surface area contributed by atoms with E-state index in [1.807, 2.05) is 6.92 Å². The second kappa shape index (κ2) is 8.94. The lowest BCUT2D eigenvalue weighted by Crippen LogP contribution is -2.38. The minimum absolute atomic E-state index is 0.166. The van der Waals surface area contributed by atoms with E-state index in [-0.39, 0.29) is 17.5 Å². The van der Waals surface area contributed by atoms with Gasteiger partial charge in [0, 0.05) is 19.2 Å². The molecule has 0 saturated carbocycles. The molecule has 0 aliphatic rings. The maximum Gasteiger partial charge on any atom is 0.191 e. The molecule has 0 aromatic heterocycles. The highest BCUT2D eigenvalue weighted by Crippen LogP contribution is 2.23. The van der Waals surface area contributed by atoms with Crippen LogP contribution in [-0.4, -0.2) is 32.3 Å². The minimum Gasteiger partial charge on any atom is -0.508 e. The van der Waals surface area contributed by atoms with Crippen molar-refractivity contribution in [2.75, 3.05) is 21.3 Å². The highest BCUT2D eigenvalue weighted by atomic mass is 19.1. The summed E-state index contributed by atoms with van der Waals surface area (Å²) in [7, 11) is 4.64. The highest BCUT2D eigenvalue weighted by Gasteiger charge is 2.12. The predicted molar refractivity (Wildman–Crippen MR) is 99.4 cm³/mol. The van der Waals surface area contributed by atoms with Gasteiger partial charge >= 0.3 is 0 Å². The third-order valence-corrected chi connectivity index (χ3v) is 3.99. The normalized spacial score (nSPS) is 12.4. The number of hydrogen-bond donors (Lipinski definition) is 3. The van der Waals surface area contributed by atoms with E-state index in [0.717, 1.165) is 5.56 Å². The standard InChI is InChI=1S/C19H24FN3O3/c1-12(13-5-8-18(26-4)16(20)10-13)23-19(21-2)22-11-14-9-15(25-3)6-7-17(14)24/h5-10,12,24H,11H2,1-4H3,(H2,21,22,23). The van der Waals surface area contributed by atoms with Crippen molar-refractivity contribution >= 4 is 5.96 Å². The van der Waals surface area contributed by atoms with Gasteiger partial charge in [0.15, 0.2) is 17.5 Å². The van der Waals surface area contributed by atoms with Gasteiger partial charge in [0.05, 0.1) is 20.3 Å². The van der Waals surface area contributed by atoms with Crippen LogP contribution >= 0.6 is 0 Å². The number of aliphatic imine (C=N–C) groups is 1. The van der Waals surface area contributed by atoms with Crippen LogP contribution in [0.25, 0.3) is 0 Å². The van der Waals surface area contributed by atoms with Gasteiger partial charge in [-0.15, -0.1) is 0 Å². The first kappa shape index (κ1) is 19.4. The molecule has 0 bridgehead atoms. The van der Waals surface area contributed by atoms with Crippen LogP contribution in [0.15, 0.2) is 41.4 Å². The Balaban J connectivity index is 2.02. The summed E-state index contributed by atoms with van der Waals surface area (Å²) in [6.45, 7) is 2.25. The first-order chi connectivity index (χ1) is 12.5. The fourth-order valence-corrected chi connectivity index (χ4v) is 2.44. The number of phenolic OH excluding ortho intramolecular Hbond substituents is 1. The smallest absolute Gasteiger partial charge is 0.191 e. The van der Waals surface area contributed by atoms with Crippen molar-refractivity contribution in [3.63, 3.8) is 0 Å². The van der Waals surface area contributed by atoms with E-state index < -0.39 is 5.82 Å². The van der Waals surface area contributed by atoms with Gasteiger partial charge in [0.2, 0.25) is 0 Å². The van der Waals surface area contributed by atoms with E-state index in [2.05, 4.69) is 15.6 Å². The Morgan fingerprint density at radius 3 is 2.58 bits per heavy atom. The van der Waals surface area contributed by atoms with Crippen molar-refractivity contribution < 1.29 is 19.0 Å². The molecule has 2 rings (SSSR count). The molecule has 1 unspecified atom stereocenters. The topological polar surface area (TPSA) is 75.1 Å². The number of guanidine groups is 1. The Morgan fingerprint density at radius 2 is 1.96 bits per heavy atom. The van der Waals surface area contributed by atoms with E-state index in [1.165, 1.54) is 13.2 Å². The Bertz CT molecular complexity index is 781. The quantitative estimate of drug-likeness (QED) is 0.545. The molecular formula is C19H24FN3O3. The van der Waals surface area contributed by atoms with Crippen molar-refractivity contribution in [1.29, 1.82) is 0 Å². The summed E-state index contributed by atoms with van der Waals surface area (Å²) >= 11 is 0.